The summed E-state index contributed by atoms with van der Waals surface area (Å²) in [5, 5.41) is 0. The van der Waals surface area contributed by atoms with Gasteiger partial charge in [0.2, 0.25) is 0 Å². The summed E-state index contributed by atoms with van der Waals surface area (Å²) in [7, 11) is 2.89. The minimum Gasteiger partial charge on any atom is -0.339 e. The molecule has 13 heavy (non-hydrogen) atoms. The zero-order valence-electron chi connectivity index (χ0n) is 8.16. The van der Waals surface area contributed by atoms with Gasteiger partial charge in [0.05, 0.1) is 6.30 Å². The molecule has 0 spiro atoms. The zero-order chi connectivity index (χ0) is 10.5. The molecule has 0 fully saturated rings. The van der Waals surface area contributed by atoms with Gasteiger partial charge in [-0.15, -0.1) is 0 Å². The van der Waals surface area contributed by atoms with Crippen molar-refractivity contribution in [1.82, 2.24) is 19.1 Å². The van der Waals surface area contributed by atoms with Gasteiger partial charge in [-0.2, -0.15) is 0 Å². The lowest BCUT2D eigenvalue weighted by Gasteiger charge is -2.00. The Morgan fingerprint density at radius 3 is 2.85 bits per heavy atom. The second-order valence-corrected chi connectivity index (χ2v) is 2.75. The predicted molar refractivity (Wildman–Crippen MR) is 46.6 cm³/mol. The predicted octanol–water partition coefficient (Wildman–Crippen LogP) is -1.04. The van der Waals surface area contributed by atoms with Crippen LogP contribution in [0.25, 0.3) is 11.2 Å². The Kier molecular flexibility index (Phi) is 1.18. The van der Waals surface area contributed by atoms with E-state index in [9.17, 15) is 9.59 Å². The highest BCUT2D eigenvalue weighted by molar-refractivity contribution is 5.68. The molecular weight excluding hydrogens is 172 g/mol. The number of H-pyrrole nitrogens is 1. The van der Waals surface area contributed by atoms with Gasteiger partial charge in [0.15, 0.2) is 5.65 Å². The molecule has 0 aromatic carbocycles. The number of imidazole rings is 1. The van der Waals surface area contributed by atoms with Crippen LogP contribution in [-0.4, -0.2) is 19.1 Å². The van der Waals surface area contributed by atoms with Gasteiger partial charge in [0.1, 0.15) is 6.89 Å². The number of nitrogens with one attached hydrogen (secondary N) is 1. The maximum atomic E-state index is 11.5. The third-order valence-electron chi connectivity index (χ3n) is 1.98. The van der Waals surface area contributed by atoms with Crippen molar-refractivity contribution < 1.29 is 1.37 Å². The Balaban J connectivity index is 3.17. The number of hydrogen-bond acceptors (Lipinski definition) is 3. The van der Waals surface area contributed by atoms with Crippen molar-refractivity contribution in [2.24, 2.45) is 14.1 Å². The van der Waals surface area contributed by atoms with Crippen LogP contribution in [0.2, 0.25) is 0 Å². The average Bonchev–Trinajstić information content (AvgIpc) is 2.54. The molecule has 1 N–H and O–H groups in total. The minimum atomic E-state index is -0.464. The molecule has 6 nitrogen and oxygen atoms in total. The van der Waals surface area contributed by atoms with E-state index in [2.05, 4.69) is 9.97 Å². The summed E-state index contributed by atoms with van der Waals surface area (Å²) < 4.78 is 9.43. The van der Waals surface area contributed by atoms with Crippen molar-refractivity contribution in [3.63, 3.8) is 0 Å². The first-order chi connectivity index (χ1) is 6.52. The van der Waals surface area contributed by atoms with Crippen molar-refractivity contribution in [3.8, 4) is 0 Å². The topological polar surface area (TPSA) is 72.7 Å². The quantitative estimate of drug-likeness (QED) is 0.564. The van der Waals surface area contributed by atoms with E-state index in [0.29, 0.717) is 0 Å². The Morgan fingerprint density at radius 2 is 2.15 bits per heavy atom. The Morgan fingerprint density at radius 1 is 1.46 bits per heavy atom. The third-order valence-corrected chi connectivity index (χ3v) is 1.98. The van der Waals surface area contributed by atoms with Crippen molar-refractivity contribution in [3.05, 3.63) is 27.1 Å². The molecule has 0 bridgehead atoms. The summed E-state index contributed by atoms with van der Waals surface area (Å²) in [6.45, 7) is 0. The molecule has 0 radical (unpaired) electrons. The molecule has 0 saturated heterocycles. The lowest BCUT2D eigenvalue weighted by atomic mass is 10.5. The fourth-order valence-corrected chi connectivity index (χ4v) is 1.21. The van der Waals surface area contributed by atoms with E-state index in [1.807, 2.05) is 0 Å². The van der Waals surface area contributed by atoms with E-state index in [1.165, 1.54) is 18.7 Å². The monoisotopic (exact) mass is 181 g/mol. The highest BCUT2D eigenvalue weighted by atomic mass is 16.2. The smallest absolute Gasteiger partial charge is 0.332 e. The first-order valence-corrected chi connectivity index (χ1v) is 3.64. The molecule has 0 aliphatic heterocycles. The number of aromatic amines is 1. The van der Waals surface area contributed by atoms with Crippen LogP contribution in [0.3, 0.4) is 0 Å². The molecule has 2 heterocycles. The van der Waals surface area contributed by atoms with Crippen molar-refractivity contribution in [2.45, 2.75) is 0 Å². The zero-order valence-corrected chi connectivity index (χ0v) is 7.16. The Labute approximate surface area is 73.9 Å². The molecule has 68 valence electrons. The van der Waals surface area contributed by atoms with E-state index < -0.39 is 11.2 Å². The summed E-state index contributed by atoms with van der Waals surface area (Å²) in [6, 6.07) is 0. The first-order valence-electron chi connectivity index (χ1n) is 4.14. The van der Waals surface area contributed by atoms with Crippen molar-refractivity contribution in [2.75, 3.05) is 0 Å². The molecule has 6 heteroatoms. The van der Waals surface area contributed by atoms with Gasteiger partial charge in [-0.1, -0.05) is 0 Å². The lowest BCUT2D eigenvalue weighted by molar-refractivity contribution is 0.709. The largest absolute Gasteiger partial charge is 0.339 e. The van der Waals surface area contributed by atoms with Gasteiger partial charge < -0.3 is 4.98 Å². The fraction of sp³-hybridized carbons (Fsp3) is 0.286. The summed E-state index contributed by atoms with van der Waals surface area (Å²) in [5.41, 5.74) is -0.522. The second kappa shape index (κ2) is 2.32. The minimum absolute atomic E-state index is 0.127. The fourth-order valence-electron chi connectivity index (χ4n) is 1.21. The number of aromatic nitrogens is 4. The third kappa shape index (κ3) is 0.851. The van der Waals surface area contributed by atoms with Crippen LogP contribution < -0.4 is 11.2 Å². The van der Waals surface area contributed by atoms with Gasteiger partial charge in [0.25, 0.3) is 5.56 Å². The van der Waals surface area contributed by atoms with Gasteiger partial charge in [-0.3, -0.25) is 13.9 Å². The number of fused-ring (bicyclic) bond motifs is 1. The molecule has 0 amide bonds. The number of nitrogens with zero attached hydrogens (tertiary/aromatic N) is 3. The Hall–Kier alpha value is -1.85. The maximum absolute atomic E-state index is 11.5. The van der Waals surface area contributed by atoms with Crippen LogP contribution in [-0.2, 0) is 14.1 Å². The molecular formula is C7H8N4O2. The van der Waals surface area contributed by atoms with Crippen LogP contribution in [0.1, 0.15) is 1.37 Å². The second-order valence-electron chi connectivity index (χ2n) is 2.75. The first kappa shape index (κ1) is 6.64. The molecule has 0 aliphatic carbocycles. The van der Waals surface area contributed by atoms with Crippen molar-refractivity contribution >= 4 is 11.2 Å². The average molecular weight is 181 g/mol. The molecule has 2 aromatic heterocycles. The SMILES string of the molecule is [2H]c1nc2c([nH]1)c(=O)n(C)c(=O)n2C. The van der Waals surface area contributed by atoms with Crippen LogP contribution >= 0.6 is 0 Å². The van der Waals surface area contributed by atoms with E-state index in [4.69, 9.17) is 1.37 Å². The standard InChI is InChI=1S/C7H8N4O2/c1-10-5-4(8-3-9-5)6(12)11(2)7(10)13/h3H,1-2H3,(H,8,9)/i3D. The van der Waals surface area contributed by atoms with Gasteiger partial charge in [-0.05, 0) is 0 Å². The van der Waals surface area contributed by atoms with Gasteiger partial charge in [0, 0.05) is 14.1 Å². The molecule has 0 saturated carbocycles. The van der Waals surface area contributed by atoms with E-state index >= 15 is 0 Å². The molecule has 2 rings (SSSR count). The van der Waals surface area contributed by atoms with Gasteiger partial charge >= 0.3 is 5.69 Å². The van der Waals surface area contributed by atoms with Crippen LogP contribution in [0, 0.1) is 0 Å². The van der Waals surface area contributed by atoms with Crippen LogP contribution in [0.4, 0.5) is 0 Å². The van der Waals surface area contributed by atoms with E-state index in [-0.39, 0.29) is 17.5 Å². The molecule has 0 aliphatic rings. The summed E-state index contributed by atoms with van der Waals surface area (Å²) in [4.78, 5) is 29.2. The number of rotatable bonds is 0. The van der Waals surface area contributed by atoms with E-state index in [1.54, 1.807) is 0 Å². The van der Waals surface area contributed by atoms with Gasteiger partial charge in [-0.25, -0.2) is 9.78 Å². The molecule has 2 aromatic rings. The summed E-state index contributed by atoms with van der Waals surface area (Å²) in [6.07, 6.45) is -0.127. The normalized spacial score (nSPS) is 12.0. The summed E-state index contributed by atoms with van der Waals surface area (Å²) in [5.74, 6) is 0. The van der Waals surface area contributed by atoms with Crippen LogP contribution in [0.5, 0.6) is 0 Å². The van der Waals surface area contributed by atoms with Crippen molar-refractivity contribution in [1.29, 1.82) is 0 Å². The maximum Gasteiger partial charge on any atom is 0.332 e. The van der Waals surface area contributed by atoms with Crippen LogP contribution in [0.15, 0.2) is 15.9 Å². The molecule has 0 atom stereocenters. The summed E-state index contributed by atoms with van der Waals surface area (Å²) >= 11 is 0. The number of hydrogen-bond donors (Lipinski definition) is 1. The Bertz CT molecular complexity index is 621. The van der Waals surface area contributed by atoms with E-state index in [0.717, 1.165) is 4.57 Å². The number of aryl methyl sites for hydroxylation is 1. The lowest BCUT2D eigenvalue weighted by Crippen LogP contribution is -2.36. The highest BCUT2D eigenvalue weighted by Gasteiger charge is 2.08. The molecule has 0 unspecified atom stereocenters. The highest BCUT2D eigenvalue weighted by Crippen LogP contribution is 1.97.